The molecule has 5 heteroatoms. The minimum Gasteiger partial charge on any atom is -0.493 e. The van der Waals surface area contributed by atoms with Gasteiger partial charge in [-0.1, -0.05) is 41.4 Å². The monoisotopic (exact) mass is 309 g/mol. The Kier molecular flexibility index (Phi) is 4.88. The van der Waals surface area contributed by atoms with E-state index in [9.17, 15) is 0 Å². The second-order valence-electron chi connectivity index (χ2n) is 3.96. The molecule has 104 valence electrons. The molecule has 0 spiro atoms. The van der Waals surface area contributed by atoms with Gasteiger partial charge in [-0.15, -0.1) is 0 Å². The molecule has 0 aliphatic carbocycles. The van der Waals surface area contributed by atoms with Crippen LogP contribution in [0, 0.1) is 0 Å². The highest BCUT2D eigenvalue weighted by molar-refractivity contribution is 6.37. The Balaban J connectivity index is 2.32. The van der Waals surface area contributed by atoms with E-state index in [4.69, 9.17) is 32.7 Å². The number of halogens is 2. The van der Waals surface area contributed by atoms with Crippen LogP contribution in [0.4, 0.5) is 0 Å². The number of hydrogen-bond acceptors (Lipinski definition) is 3. The molecule has 0 atom stereocenters. The van der Waals surface area contributed by atoms with Crippen molar-refractivity contribution in [1.29, 1.82) is 0 Å². The Hall–Kier alpha value is -1.71. The van der Waals surface area contributed by atoms with Crippen molar-refractivity contribution in [3.8, 4) is 11.5 Å². The number of ether oxygens (including phenoxy) is 2. The Labute approximate surface area is 127 Å². The van der Waals surface area contributed by atoms with Crippen LogP contribution < -0.4 is 9.47 Å². The first-order valence-electron chi connectivity index (χ1n) is 5.85. The predicted octanol–water partition coefficient (Wildman–Crippen LogP) is 4.58. The maximum atomic E-state index is 6.06. The van der Waals surface area contributed by atoms with Crippen LogP contribution in [0.15, 0.2) is 30.6 Å². The van der Waals surface area contributed by atoms with Crippen molar-refractivity contribution in [2.75, 3.05) is 14.2 Å². The number of pyridine rings is 1. The number of aromatic nitrogens is 1. The first kappa shape index (κ1) is 14.7. The average Bonchev–Trinajstić information content (AvgIpc) is 2.46. The van der Waals surface area contributed by atoms with Gasteiger partial charge in [-0.25, -0.2) is 0 Å². The van der Waals surface area contributed by atoms with Crippen molar-refractivity contribution in [3.63, 3.8) is 0 Å². The van der Waals surface area contributed by atoms with Gasteiger partial charge in [0.2, 0.25) is 0 Å². The zero-order valence-corrected chi connectivity index (χ0v) is 12.6. The quantitative estimate of drug-likeness (QED) is 0.828. The van der Waals surface area contributed by atoms with Gasteiger partial charge in [0.25, 0.3) is 0 Å². The van der Waals surface area contributed by atoms with E-state index in [0.717, 1.165) is 11.1 Å². The second-order valence-corrected chi connectivity index (χ2v) is 4.78. The fraction of sp³-hybridized carbons (Fsp3) is 0.133. The van der Waals surface area contributed by atoms with Gasteiger partial charge in [0.05, 0.1) is 24.3 Å². The summed E-state index contributed by atoms with van der Waals surface area (Å²) < 4.78 is 10.4. The van der Waals surface area contributed by atoms with Crippen LogP contribution in [0.1, 0.15) is 11.1 Å². The first-order chi connectivity index (χ1) is 9.65. The summed E-state index contributed by atoms with van der Waals surface area (Å²) in [6, 6.07) is 5.63. The van der Waals surface area contributed by atoms with Crippen molar-refractivity contribution in [2.24, 2.45) is 0 Å². The molecule has 0 unspecified atom stereocenters. The van der Waals surface area contributed by atoms with E-state index < -0.39 is 0 Å². The molecule has 0 bridgehead atoms. The molecule has 1 heterocycles. The summed E-state index contributed by atoms with van der Waals surface area (Å²) in [4.78, 5) is 3.92. The smallest absolute Gasteiger partial charge is 0.161 e. The minimum absolute atomic E-state index is 0.509. The van der Waals surface area contributed by atoms with Crippen molar-refractivity contribution < 1.29 is 9.47 Å². The summed E-state index contributed by atoms with van der Waals surface area (Å²) in [5.41, 5.74) is 1.68. The van der Waals surface area contributed by atoms with E-state index >= 15 is 0 Å². The molecule has 1 aromatic heterocycles. The lowest BCUT2D eigenvalue weighted by atomic mass is 10.1. The van der Waals surface area contributed by atoms with Crippen molar-refractivity contribution in [3.05, 3.63) is 51.8 Å². The molecule has 0 fully saturated rings. The van der Waals surface area contributed by atoms with Crippen molar-refractivity contribution in [2.45, 2.75) is 0 Å². The maximum Gasteiger partial charge on any atom is 0.161 e. The normalized spacial score (nSPS) is 10.8. The highest BCUT2D eigenvalue weighted by atomic mass is 35.5. The number of nitrogens with zero attached hydrogens (tertiary/aromatic N) is 1. The van der Waals surface area contributed by atoms with E-state index in [0.29, 0.717) is 21.5 Å². The number of hydrogen-bond donors (Lipinski definition) is 0. The van der Waals surface area contributed by atoms with Crippen molar-refractivity contribution in [1.82, 2.24) is 4.98 Å². The van der Waals surface area contributed by atoms with Gasteiger partial charge in [-0.2, -0.15) is 0 Å². The van der Waals surface area contributed by atoms with E-state index in [2.05, 4.69) is 4.98 Å². The molecule has 0 saturated carbocycles. The molecule has 0 aliphatic rings. The van der Waals surface area contributed by atoms with Crippen LogP contribution >= 0.6 is 23.2 Å². The third kappa shape index (κ3) is 3.24. The Bertz CT molecular complexity index is 622. The zero-order valence-electron chi connectivity index (χ0n) is 11.1. The summed E-state index contributed by atoms with van der Waals surface area (Å²) in [6.07, 6.45) is 6.85. The number of benzene rings is 1. The lowest BCUT2D eigenvalue weighted by Gasteiger charge is -2.07. The van der Waals surface area contributed by atoms with Crippen LogP contribution in [0.25, 0.3) is 12.2 Å². The minimum atomic E-state index is 0.509. The third-order valence-corrected chi connectivity index (χ3v) is 3.34. The van der Waals surface area contributed by atoms with Crippen molar-refractivity contribution >= 4 is 35.4 Å². The molecule has 20 heavy (non-hydrogen) atoms. The fourth-order valence-electron chi connectivity index (χ4n) is 1.72. The molecular formula is C15H13Cl2NO2. The van der Waals surface area contributed by atoms with Gasteiger partial charge in [-0.05, 0) is 17.7 Å². The molecule has 0 aliphatic heterocycles. The van der Waals surface area contributed by atoms with Crippen LogP contribution in [0.3, 0.4) is 0 Å². The predicted molar refractivity (Wildman–Crippen MR) is 82.7 cm³/mol. The maximum absolute atomic E-state index is 6.06. The standard InChI is InChI=1S/C15H13Cl2NO2/c1-19-14-6-4-10(7-15(14)20-2)3-5-11-12(16)8-18-9-13(11)17/h3-9H,1-2H3. The Morgan fingerprint density at radius 1 is 0.950 bits per heavy atom. The van der Waals surface area contributed by atoms with Gasteiger partial charge < -0.3 is 9.47 Å². The molecule has 0 amide bonds. The molecular weight excluding hydrogens is 297 g/mol. The van der Waals surface area contributed by atoms with Crippen LogP contribution in [0.5, 0.6) is 11.5 Å². The van der Waals surface area contributed by atoms with Gasteiger partial charge in [0.15, 0.2) is 11.5 Å². The molecule has 2 rings (SSSR count). The molecule has 0 N–H and O–H groups in total. The number of rotatable bonds is 4. The van der Waals surface area contributed by atoms with E-state index in [1.54, 1.807) is 26.6 Å². The van der Waals surface area contributed by atoms with Crippen LogP contribution in [0.2, 0.25) is 10.0 Å². The van der Waals surface area contributed by atoms with E-state index in [-0.39, 0.29) is 0 Å². The molecule has 3 nitrogen and oxygen atoms in total. The van der Waals surface area contributed by atoms with E-state index in [1.165, 1.54) is 0 Å². The SMILES string of the molecule is COc1ccc(C=Cc2c(Cl)cncc2Cl)cc1OC. The van der Waals surface area contributed by atoms with Gasteiger partial charge >= 0.3 is 0 Å². The average molecular weight is 310 g/mol. The summed E-state index contributed by atoms with van der Waals surface area (Å²) in [6.45, 7) is 0. The summed E-state index contributed by atoms with van der Waals surface area (Å²) in [7, 11) is 3.20. The van der Waals surface area contributed by atoms with Crippen LogP contribution in [-0.4, -0.2) is 19.2 Å². The zero-order chi connectivity index (χ0) is 14.5. The number of methoxy groups -OCH3 is 2. The lowest BCUT2D eigenvalue weighted by molar-refractivity contribution is 0.355. The highest BCUT2D eigenvalue weighted by Gasteiger charge is 2.04. The van der Waals surface area contributed by atoms with Crippen LogP contribution in [-0.2, 0) is 0 Å². The molecule has 1 aromatic carbocycles. The largest absolute Gasteiger partial charge is 0.493 e. The fourth-order valence-corrected chi connectivity index (χ4v) is 2.21. The lowest BCUT2D eigenvalue weighted by Crippen LogP contribution is -1.90. The van der Waals surface area contributed by atoms with E-state index in [1.807, 2.05) is 30.4 Å². The Morgan fingerprint density at radius 3 is 2.20 bits per heavy atom. The summed E-state index contributed by atoms with van der Waals surface area (Å²) in [5, 5.41) is 1.02. The Morgan fingerprint density at radius 2 is 1.60 bits per heavy atom. The molecule has 0 saturated heterocycles. The summed E-state index contributed by atoms with van der Waals surface area (Å²) in [5.74, 6) is 1.35. The highest BCUT2D eigenvalue weighted by Crippen LogP contribution is 2.29. The third-order valence-electron chi connectivity index (χ3n) is 2.74. The molecule has 0 radical (unpaired) electrons. The van der Waals surface area contributed by atoms with Gasteiger partial charge in [-0.3, -0.25) is 4.98 Å². The first-order valence-corrected chi connectivity index (χ1v) is 6.60. The topological polar surface area (TPSA) is 31.4 Å². The second kappa shape index (κ2) is 6.64. The summed E-state index contributed by atoms with van der Waals surface area (Å²) >= 11 is 12.1. The van der Waals surface area contributed by atoms with Gasteiger partial charge in [0, 0.05) is 18.0 Å². The van der Waals surface area contributed by atoms with Gasteiger partial charge in [0.1, 0.15) is 0 Å². The molecule has 2 aromatic rings.